The molecule has 1 aliphatic rings. The van der Waals surface area contributed by atoms with Crippen LogP contribution in [0.15, 0.2) is 34.3 Å². The van der Waals surface area contributed by atoms with Crippen molar-refractivity contribution >= 4 is 28.9 Å². The summed E-state index contributed by atoms with van der Waals surface area (Å²) in [6.45, 7) is 5.96. The number of nitrogens with zero attached hydrogens (tertiary/aromatic N) is 3. The number of benzene rings is 1. The van der Waals surface area contributed by atoms with E-state index in [-0.39, 0.29) is 40.6 Å². The molecule has 1 aromatic carbocycles. The van der Waals surface area contributed by atoms with Gasteiger partial charge in [-0.3, -0.25) is 4.84 Å². The van der Waals surface area contributed by atoms with Gasteiger partial charge in [-0.15, -0.1) is 17.0 Å². The topological polar surface area (TPSA) is 89.2 Å². The van der Waals surface area contributed by atoms with Crippen LogP contribution < -0.4 is 11.5 Å². The lowest BCUT2D eigenvalue weighted by Crippen LogP contribution is -2.53. The lowest BCUT2D eigenvalue weighted by molar-refractivity contribution is -0.158. The van der Waals surface area contributed by atoms with Crippen LogP contribution in [0.25, 0.3) is 0 Å². The Kier molecular flexibility index (Phi) is 6.52. The minimum atomic E-state index is -0.725. The third-order valence-corrected chi connectivity index (χ3v) is 3.53. The van der Waals surface area contributed by atoms with Crippen LogP contribution in [-0.4, -0.2) is 29.3 Å². The molecule has 0 aliphatic carbocycles. The summed E-state index contributed by atoms with van der Waals surface area (Å²) in [6, 6.07) is 6.75. The normalized spacial score (nSPS) is 17.8. The zero-order valence-electron chi connectivity index (χ0n) is 13.5. The second-order valence-electron chi connectivity index (χ2n) is 5.77. The van der Waals surface area contributed by atoms with Crippen LogP contribution in [0.3, 0.4) is 0 Å². The number of rotatable bonds is 5. The van der Waals surface area contributed by atoms with Gasteiger partial charge in [0.15, 0.2) is 5.66 Å². The van der Waals surface area contributed by atoms with Crippen LogP contribution in [0.2, 0.25) is 0 Å². The van der Waals surface area contributed by atoms with Crippen molar-refractivity contribution in [2.75, 3.05) is 6.61 Å². The molecule has 0 fully saturated rings. The predicted octanol–water partition coefficient (Wildman–Crippen LogP) is 2.51. The number of guanidine groups is 2. The van der Waals surface area contributed by atoms with Crippen molar-refractivity contribution in [2.24, 2.45) is 21.5 Å². The third-order valence-electron chi connectivity index (χ3n) is 3.53. The highest BCUT2D eigenvalue weighted by atomic mass is 79.9. The summed E-state index contributed by atoms with van der Waals surface area (Å²) < 4.78 is 13.7. The van der Waals surface area contributed by atoms with Crippen LogP contribution in [0, 0.1) is 5.82 Å². The molecule has 0 saturated heterocycles. The summed E-state index contributed by atoms with van der Waals surface area (Å²) in [5, 5.41) is 1.43. The first-order valence-electron chi connectivity index (χ1n) is 7.18. The van der Waals surface area contributed by atoms with E-state index in [1.165, 1.54) is 11.1 Å². The average molecular weight is 388 g/mol. The number of hydrogen-bond donors (Lipinski definition) is 2. The number of halogens is 2. The standard InChI is InChI=1S/C15H22FN5O.BrH/c1-10(11-6-4-5-7-12(11)16)8-9-22-21-14(18)19-13(17)20-15(21,2)3;/h4-7,10H,8-9H2,1-3H3,(H4,17,18,19,20);1H. The first-order valence-corrected chi connectivity index (χ1v) is 7.18. The molecule has 4 N–H and O–H groups in total. The van der Waals surface area contributed by atoms with E-state index in [1.54, 1.807) is 12.1 Å². The minimum Gasteiger partial charge on any atom is -0.368 e. The third kappa shape index (κ3) is 4.65. The number of nitrogens with two attached hydrogens (primary N) is 2. The second-order valence-corrected chi connectivity index (χ2v) is 5.77. The van der Waals surface area contributed by atoms with Crippen LogP contribution in [0.5, 0.6) is 0 Å². The molecule has 0 radical (unpaired) electrons. The molecule has 0 saturated carbocycles. The van der Waals surface area contributed by atoms with Crippen molar-refractivity contribution in [1.29, 1.82) is 0 Å². The quantitative estimate of drug-likeness (QED) is 0.811. The van der Waals surface area contributed by atoms with Gasteiger partial charge in [0.05, 0.1) is 6.61 Å². The zero-order valence-corrected chi connectivity index (χ0v) is 15.2. The fourth-order valence-corrected chi connectivity index (χ4v) is 2.37. The Balaban J connectivity index is 0.00000264. The van der Waals surface area contributed by atoms with Gasteiger partial charge >= 0.3 is 0 Å². The van der Waals surface area contributed by atoms with Gasteiger partial charge in [0, 0.05) is 0 Å². The molecular formula is C15H23BrFN5O. The van der Waals surface area contributed by atoms with Gasteiger partial charge < -0.3 is 11.5 Å². The molecule has 1 aliphatic heterocycles. The summed E-state index contributed by atoms with van der Waals surface area (Å²) in [4.78, 5) is 13.8. The Morgan fingerprint density at radius 2 is 1.96 bits per heavy atom. The molecule has 8 heteroatoms. The molecule has 1 aromatic rings. The highest BCUT2D eigenvalue weighted by Crippen LogP contribution is 2.24. The Morgan fingerprint density at radius 3 is 2.57 bits per heavy atom. The molecule has 0 amide bonds. The second kappa shape index (κ2) is 7.74. The highest BCUT2D eigenvalue weighted by molar-refractivity contribution is 8.93. The summed E-state index contributed by atoms with van der Waals surface area (Å²) in [7, 11) is 0. The van der Waals surface area contributed by atoms with E-state index >= 15 is 0 Å². The van der Waals surface area contributed by atoms with Gasteiger partial charge in [-0.2, -0.15) is 10.1 Å². The van der Waals surface area contributed by atoms with Crippen LogP contribution in [-0.2, 0) is 4.84 Å². The predicted molar refractivity (Wildman–Crippen MR) is 94.9 cm³/mol. The van der Waals surface area contributed by atoms with E-state index in [1.807, 2.05) is 26.8 Å². The molecule has 1 unspecified atom stereocenters. The van der Waals surface area contributed by atoms with E-state index in [2.05, 4.69) is 9.98 Å². The van der Waals surface area contributed by atoms with Crippen LogP contribution >= 0.6 is 17.0 Å². The van der Waals surface area contributed by atoms with E-state index in [9.17, 15) is 4.39 Å². The van der Waals surface area contributed by atoms with E-state index in [0.717, 1.165) is 0 Å². The molecule has 0 bridgehead atoms. The maximum absolute atomic E-state index is 13.7. The molecule has 6 nitrogen and oxygen atoms in total. The first kappa shape index (κ1) is 19.4. The van der Waals surface area contributed by atoms with Crippen molar-refractivity contribution in [3.05, 3.63) is 35.6 Å². The van der Waals surface area contributed by atoms with Gasteiger partial charge in [0.25, 0.3) is 0 Å². The maximum Gasteiger partial charge on any atom is 0.226 e. The molecular weight excluding hydrogens is 365 g/mol. The van der Waals surface area contributed by atoms with Gasteiger partial charge in [-0.05, 0) is 37.8 Å². The van der Waals surface area contributed by atoms with Crippen LogP contribution in [0.1, 0.15) is 38.7 Å². The van der Waals surface area contributed by atoms with Crippen molar-refractivity contribution in [3.63, 3.8) is 0 Å². The largest absolute Gasteiger partial charge is 0.368 e. The van der Waals surface area contributed by atoms with Gasteiger partial charge in [-0.25, -0.2) is 9.38 Å². The van der Waals surface area contributed by atoms with Gasteiger partial charge in [0.1, 0.15) is 5.82 Å². The Morgan fingerprint density at radius 1 is 1.30 bits per heavy atom. The van der Waals surface area contributed by atoms with E-state index < -0.39 is 5.66 Å². The van der Waals surface area contributed by atoms with Crippen molar-refractivity contribution < 1.29 is 9.23 Å². The number of aliphatic imine (C=N–C) groups is 2. The number of hydroxylamine groups is 2. The monoisotopic (exact) mass is 387 g/mol. The van der Waals surface area contributed by atoms with Crippen molar-refractivity contribution in [1.82, 2.24) is 5.06 Å². The molecule has 2 rings (SSSR count). The lowest BCUT2D eigenvalue weighted by Gasteiger charge is -2.36. The molecule has 128 valence electrons. The van der Waals surface area contributed by atoms with Gasteiger partial charge in [0.2, 0.25) is 11.9 Å². The number of hydrogen-bond acceptors (Lipinski definition) is 6. The maximum atomic E-state index is 13.7. The SMILES string of the molecule is Br.CC(CCON1C(N)=NC(N)=NC1(C)C)c1ccccc1F. The van der Waals surface area contributed by atoms with Gasteiger partial charge in [-0.1, -0.05) is 25.1 Å². The molecule has 1 atom stereocenters. The van der Waals surface area contributed by atoms with E-state index in [0.29, 0.717) is 18.6 Å². The average Bonchev–Trinajstić information content (AvgIpc) is 2.41. The summed E-state index contributed by atoms with van der Waals surface area (Å²) in [5.74, 6) is 0.116. The van der Waals surface area contributed by atoms with Crippen molar-refractivity contribution in [3.8, 4) is 0 Å². The van der Waals surface area contributed by atoms with Crippen molar-refractivity contribution in [2.45, 2.75) is 38.8 Å². The smallest absolute Gasteiger partial charge is 0.226 e. The molecule has 0 aromatic heterocycles. The Hall–Kier alpha value is -1.67. The fraction of sp³-hybridized carbons (Fsp3) is 0.467. The Labute approximate surface area is 146 Å². The fourth-order valence-electron chi connectivity index (χ4n) is 2.37. The highest BCUT2D eigenvalue weighted by Gasteiger charge is 2.33. The van der Waals surface area contributed by atoms with Crippen LogP contribution in [0.4, 0.5) is 4.39 Å². The Bertz CT molecular complexity index is 605. The summed E-state index contributed by atoms with van der Waals surface area (Å²) >= 11 is 0. The zero-order chi connectivity index (χ0) is 16.3. The summed E-state index contributed by atoms with van der Waals surface area (Å²) in [5.41, 5.74) is 11.4. The lowest BCUT2D eigenvalue weighted by atomic mass is 9.98. The molecule has 1 heterocycles. The minimum absolute atomic E-state index is 0. The molecule has 0 spiro atoms. The van der Waals surface area contributed by atoms with E-state index in [4.69, 9.17) is 16.3 Å². The first-order chi connectivity index (χ1) is 10.3. The molecule has 23 heavy (non-hydrogen) atoms. The summed E-state index contributed by atoms with van der Waals surface area (Å²) in [6.07, 6.45) is 0.639.